The van der Waals surface area contributed by atoms with Crippen LogP contribution in [-0.4, -0.2) is 21.5 Å². The van der Waals surface area contributed by atoms with Crippen LogP contribution in [0.3, 0.4) is 0 Å². The van der Waals surface area contributed by atoms with Crippen LogP contribution in [0.5, 0.6) is 0 Å². The van der Waals surface area contributed by atoms with E-state index in [9.17, 15) is 9.00 Å². The Bertz CT molecular complexity index is 385. The van der Waals surface area contributed by atoms with Crippen molar-refractivity contribution in [1.82, 2.24) is 0 Å². The van der Waals surface area contributed by atoms with E-state index < -0.39 is 10.8 Å². The van der Waals surface area contributed by atoms with E-state index in [1.54, 1.807) is 24.3 Å². The molecule has 1 rings (SSSR count). The van der Waals surface area contributed by atoms with E-state index in [1.165, 1.54) is 0 Å². The molecule has 0 N–H and O–H groups in total. The maximum Gasteiger partial charge on any atom is 0.175 e. The molecule has 1 aromatic carbocycles. The molecule has 0 aromatic heterocycles. The zero-order chi connectivity index (χ0) is 12.1. The normalized spacial score (nSPS) is 12.8. The maximum atomic E-state index is 11.7. The highest BCUT2D eigenvalue weighted by atomic mass is 35.5. The van der Waals surface area contributed by atoms with Gasteiger partial charge < -0.3 is 0 Å². The summed E-state index contributed by atoms with van der Waals surface area (Å²) in [5.41, 5.74) is 0.571. The molecule has 0 radical (unpaired) electrons. The van der Waals surface area contributed by atoms with Crippen LogP contribution in [0.1, 0.15) is 24.2 Å². The van der Waals surface area contributed by atoms with Crippen LogP contribution in [0.25, 0.3) is 0 Å². The fourth-order valence-corrected chi connectivity index (χ4v) is 2.74. The molecule has 88 valence electrons. The zero-order valence-electron chi connectivity index (χ0n) is 9.40. The Morgan fingerprint density at radius 2 is 1.88 bits per heavy atom. The van der Waals surface area contributed by atoms with Crippen molar-refractivity contribution in [2.45, 2.75) is 13.8 Å². The summed E-state index contributed by atoms with van der Waals surface area (Å²) in [4.78, 5) is 11.7. The second kappa shape index (κ2) is 6.16. The molecule has 0 saturated heterocycles. The molecule has 16 heavy (non-hydrogen) atoms. The summed E-state index contributed by atoms with van der Waals surface area (Å²) < 4.78 is 11.6. The lowest BCUT2D eigenvalue weighted by Crippen LogP contribution is -2.15. The Morgan fingerprint density at radius 3 is 2.38 bits per heavy atom. The first-order valence-electron chi connectivity index (χ1n) is 5.12. The van der Waals surface area contributed by atoms with E-state index in [-0.39, 0.29) is 11.5 Å². The number of rotatable bonds is 5. The van der Waals surface area contributed by atoms with Crippen molar-refractivity contribution in [2.75, 3.05) is 11.5 Å². The number of hydrogen-bond acceptors (Lipinski definition) is 2. The van der Waals surface area contributed by atoms with Crippen LogP contribution < -0.4 is 0 Å². The SMILES string of the molecule is CC(C)CS(=O)CC(=O)c1ccc(Cl)cc1. The zero-order valence-corrected chi connectivity index (χ0v) is 11.0. The number of hydrogen-bond donors (Lipinski definition) is 0. The fraction of sp³-hybridized carbons (Fsp3) is 0.417. The van der Waals surface area contributed by atoms with Crippen LogP contribution in [0.2, 0.25) is 5.02 Å². The van der Waals surface area contributed by atoms with Crippen LogP contribution >= 0.6 is 11.6 Å². The Kier molecular flexibility index (Phi) is 5.16. The molecule has 1 aromatic rings. The molecule has 0 amide bonds. The lowest BCUT2D eigenvalue weighted by molar-refractivity contribution is 0.102. The minimum atomic E-state index is -1.07. The standard InChI is InChI=1S/C12H15ClO2S/c1-9(2)7-16(15)8-12(14)10-3-5-11(13)6-4-10/h3-6,9H,7-8H2,1-2H3. The van der Waals surface area contributed by atoms with Crippen LogP contribution in [0, 0.1) is 5.92 Å². The quantitative estimate of drug-likeness (QED) is 0.761. The summed E-state index contributed by atoms with van der Waals surface area (Å²) in [5, 5.41) is 0.597. The summed E-state index contributed by atoms with van der Waals surface area (Å²) in [6.45, 7) is 3.98. The minimum Gasteiger partial charge on any atom is -0.293 e. The number of Topliss-reactive ketones (excluding diaryl/α,β-unsaturated/α-hetero) is 1. The average Bonchev–Trinajstić information content (AvgIpc) is 2.16. The van der Waals surface area contributed by atoms with Crippen molar-refractivity contribution < 1.29 is 9.00 Å². The highest BCUT2D eigenvalue weighted by molar-refractivity contribution is 7.85. The first kappa shape index (κ1) is 13.4. The predicted molar refractivity (Wildman–Crippen MR) is 68.5 cm³/mol. The first-order valence-corrected chi connectivity index (χ1v) is 6.99. The Labute approximate surface area is 103 Å². The predicted octanol–water partition coefficient (Wildman–Crippen LogP) is 2.93. The van der Waals surface area contributed by atoms with Gasteiger partial charge in [0.05, 0.1) is 5.75 Å². The lowest BCUT2D eigenvalue weighted by atomic mass is 10.1. The van der Waals surface area contributed by atoms with Crippen LogP contribution in [-0.2, 0) is 10.8 Å². The summed E-state index contributed by atoms with van der Waals surface area (Å²) in [7, 11) is -1.07. The van der Waals surface area contributed by atoms with Crippen LogP contribution in [0.4, 0.5) is 0 Å². The third-order valence-electron chi connectivity index (χ3n) is 1.98. The molecule has 0 bridgehead atoms. The number of benzene rings is 1. The van der Waals surface area contributed by atoms with Gasteiger partial charge in [0.15, 0.2) is 5.78 Å². The van der Waals surface area contributed by atoms with E-state index in [0.29, 0.717) is 22.3 Å². The Hall–Kier alpha value is -0.670. The molecule has 0 aliphatic carbocycles. The van der Waals surface area contributed by atoms with Gasteiger partial charge >= 0.3 is 0 Å². The average molecular weight is 259 g/mol. The van der Waals surface area contributed by atoms with E-state index in [2.05, 4.69) is 0 Å². The van der Waals surface area contributed by atoms with Gasteiger partial charge in [-0.3, -0.25) is 9.00 Å². The molecule has 0 aliphatic rings. The third kappa shape index (κ3) is 4.45. The largest absolute Gasteiger partial charge is 0.293 e. The second-order valence-corrected chi connectivity index (χ2v) is 6.01. The monoisotopic (exact) mass is 258 g/mol. The highest BCUT2D eigenvalue weighted by Crippen LogP contribution is 2.10. The highest BCUT2D eigenvalue weighted by Gasteiger charge is 2.11. The van der Waals surface area contributed by atoms with Crippen molar-refractivity contribution in [1.29, 1.82) is 0 Å². The fourth-order valence-electron chi connectivity index (χ4n) is 1.30. The molecule has 0 fully saturated rings. The summed E-state index contributed by atoms with van der Waals surface area (Å²) in [5.74, 6) is 0.925. The smallest absolute Gasteiger partial charge is 0.175 e. The van der Waals surface area contributed by atoms with E-state index in [0.717, 1.165) is 0 Å². The van der Waals surface area contributed by atoms with Crippen molar-refractivity contribution >= 4 is 28.2 Å². The molecular formula is C12H15ClO2S. The molecular weight excluding hydrogens is 244 g/mol. The van der Waals surface area contributed by atoms with Crippen molar-refractivity contribution in [3.63, 3.8) is 0 Å². The summed E-state index contributed by atoms with van der Waals surface area (Å²) in [6.07, 6.45) is 0. The Balaban J connectivity index is 2.59. The Morgan fingerprint density at radius 1 is 1.31 bits per heavy atom. The van der Waals surface area contributed by atoms with Gasteiger partial charge in [-0.15, -0.1) is 0 Å². The minimum absolute atomic E-state index is 0.0874. The number of halogens is 1. The van der Waals surface area contributed by atoms with Crippen LogP contribution in [0.15, 0.2) is 24.3 Å². The van der Waals surface area contributed by atoms with Gasteiger partial charge in [0, 0.05) is 27.1 Å². The van der Waals surface area contributed by atoms with Gasteiger partial charge in [-0.2, -0.15) is 0 Å². The molecule has 0 saturated carbocycles. The summed E-state index contributed by atoms with van der Waals surface area (Å²) >= 11 is 5.72. The second-order valence-electron chi connectivity index (χ2n) is 4.07. The first-order chi connectivity index (χ1) is 7.49. The number of carbonyl (C=O) groups excluding carboxylic acids is 1. The van der Waals surface area contributed by atoms with Gasteiger partial charge in [0.25, 0.3) is 0 Å². The van der Waals surface area contributed by atoms with Gasteiger partial charge in [0.2, 0.25) is 0 Å². The van der Waals surface area contributed by atoms with E-state index in [4.69, 9.17) is 11.6 Å². The van der Waals surface area contributed by atoms with Gasteiger partial charge in [0.1, 0.15) is 0 Å². The number of carbonyl (C=O) groups is 1. The van der Waals surface area contributed by atoms with Gasteiger partial charge in [-0.05, 0) is 30.2 Å². The topological polar surface area (TPSA) is 34.1 Å². The molecule has 0 aliphatic heterocycles. The molecule has 0 spiro atoms. The molecule has 1 atom stereocenters. The van der Waals surface area contributed by atoms with E-state index >= 15 is 0 Å². The summed E-state index contributed by atoms with van der Waals surface area (Å²) in [6, 6.07) is 6.66. The molecule has 1 unspecified atom stereocenters. The third-order valence-corrected chi connectivity index (χ3v) is 3.85. The van der Waals surface area contributed by atoms with Gasteiger partial charge in [-0.1, -0.05) is 25.4 Å². The van der Waals surface area contributed by atoms with Gasteiger partial charge in [-0.25, -0.2) is 0 Å². The van der Waals surface area contributed by atoms with Crippen molar-refractivity contribution in [2.24, 2.45) is 5.92 Å². The number of ketones is 1. The lowest BCUT2D eigenvalue weighted by Gasteiger charge is -2.04. The van der Waals surface area contributed by atoms with Crippen molar-refractivity contribution in [3.05, 3.63) is 34.9 Å². The molecule has 4 heteroatoms. The van der Waals surface area contributed by atoms with Crippen molar-refractivity contribution in [3.8, 4) is 0 Å². The maximum absolute atomic E-state index is 11.7. The molecule has 2 nitrogen and oxygen atoms in total. The van der Waals surface area contributed by atoms with E-state index in [1.807, 2.05) is 13.8 Å². The molecule has 0 heterocycles.